The van der Waals surface area contributed by atoms with E-state index in [4.69, 9.17) is 4.74 Å². The van der Waals surface area contributed by atoms with Gasteiger partial charge in [-0.2, -0.15) is 0 Å². The van der Waals surface area contributed by atoms with Crippen molar-refractivity contribution in [3.05, 3.63) is 29.8 Å². The summed E-state index contributed by atoms with van der Waals surface area (Å²) in [7, 11) is 0. The fourth-order valence-electron chi connectivity index (χ4n) is 2.77. The van der Waals surface area contributed by atoms with Crippen molar-refractivity contribution in [1.82, 2.24) is 10.2 Å². The first-order valence-corrected chi connectivity index (χ1v) is 9.26. The van der Waals surface area contributed by atoms with Crippen molar-refractivity contribution in [2.75, 3.05) is 11.9 Å². The molecule has 0 spiro atoms. The van der Waals surface area contributed by atoms with E-state index in [-0.39, 0.29) is 31.1 Å². The van der Waals surface area contributed by atoms with Crippen LogP contribution in [0.5, 0.6) is 0 Å². The minimum atomic E-state index is -1.04. The molecule has 0 saturated carbocycles. The van der Waals surface area contributed by atoms with Gasteiger partial charge >= 0.3 is 12.0 Å². The van der Waals surface area contributed by atoms with E-state index >= 15 is 0 Å². The predicted molar refractivity (Wildman–Crippen MR) is 104 cm³/mol. The number of nitrogens with one attached hydrogen (secondary N) is 2. The first-order valence-electron chi connectivity index (χ1n) is 9.26. The third-order valence-electron chi connectivity index (χ3n) is 4.42. The molecule has 9 heteroatoms. The van der Waals surface area contributed by atoms with Crippen molar-refractivity contribution in [2.45, 2.75) is 52.2 Å². The Morgan fingerprint density at radius 2 is 1.93 bits per heavy atom. The lowest BCUT2D eigenvalue weighted by atomic mass is 10.1. The molecule has 1 aliphatic heterocycles. The fourth-order valence-corrected chi connectivity index (χ4v) is 2.77. The summed E-state index contributed by atoms with van der Waals surface area (Å²) in [6.07, 6.45) is -0.864. The number of carbonyl (C=O) groups excluding carboxylic acids is 5. The third kappa shape index (κ3) is 5.63. The van der Waals surface area contributed by atoms with E-state index in [1.165, 1.54) is 19.9 Å². The van der Waals surface area contributed by atoms with Gasteiger partial charge in [0.15, 0.2) is 11.9 Å². The monoisotopic (exact) mass is 403 g/mol. The molecule has 1 heterocycles. The molecule has 1 aromatic carbocycles. The SMILES string of the molecule is CC(=O)c1cccc(NC(=O)[C@@H](C)OC(=O)CCCN2C(=O)NC(C)(C)C2=O)c1. The molecule has 29 heavy (non-hydrogen) atoms. The largest absolute Gasteiger partial charge is 0.453 e. The maximum atomic E-state index is 12.2. The molecule has 1 saturated heterocycles. The molecule has 0 unspecified atom stereocenters. The number of esters is 1. The highest BCUT2D eigenvalue weighted by Crippen LogP contribution is 2.17. The van der Waals surface area contributed by atoms with Crippen molar-refractivity contribution in [2.24, 2.45) is 0 Å². The highest BCUT2D eigenvalue weighted by molar-refractivity contribution is 6.06. The molecule has 2 rings (SSSR count). The summed E-state index contributed by atoms with van der Waals surface area (Å²) in [5, 5.41) is 5.15. The van der Waals surface area contributed by atoms with Gasteiger partial charge in [0, 0.05) is 24.2 Å². The average Bonchev–Trinajstić information content (AvgIpc) is 2.83. The molecule has 2 N–H and O–H groups in total. The molecule has 156 valence electrons. The highest BCUT2D eigenvalue weighted by Gasteiger charge is 2.43. The summed E-state index contributed by atoms with van der Waals surface area (Å²) in [6, 6.07) is 5.94. The second kappa shape index (κ2) is 8.85. The standard InChI is InChI=1S/C20H25N3O6/c1-12(24)14-7-5-8-15(11-14)21-17(26)13(2)29-16(25)9-6-10-23-18(27)20(3,4)22-19(23)28/h5,7-8,11,13H,6,9-10H2,1-4H3,(H,21,26)(H,22,28)/t13-/m1/s1. The summed E-state index contributed by atoms with van der Waals surface area (Å²) < 4.78 is 5.10. The zero-order chi connectivity index (χ0) is 21.8. The minimum Gasteiger partial charge on any atom is -0.453 e. The lowest BCUT2D eigenvalue weighted by Gasteiger charge is -2.16. The Kier molecular flexibility index (Phi) is 6.73. The molecule has 1 fully saturated rings. The number of Topliss-reactive ketones (excluding diaryl/α,β-unsaturated/α-hetero) is 1. The van der Waals surface area contributed by atoms with Crippen LogP contribution in [0.1, 0.15) is 50.9 Å². The second-order valence-corrected chi connectivity index (χ2v) is 7.37. The van der Waals surface area contributed by atoms with Gasteiger partial charge in [-0.1, -0.05) is 12.1 Å². The number of ether oxygens (including phenoxy) is 1. The van der Waals surface area contributed by atoms with E-state index in [0.29, 0.717) is 11.3 Å². The number of carbonyl (C=O) groups is 5. The average molecular weight is 403 g/mol. The number of amides is 4. The second-order valence-electron chi connectivity index (χ2n) is 7.37. The molecular weight excluding hydrogens is 378 g/mol. The number of hydrogen-bond acceptors (Lipinski definition) is 6. The molecule has 9 nitrogen and oxygen atoms in total. The third-order valence-corrected chi connectivity index (χ3v) is 4.42. The molecule has 0 bridgehead atoms. The number of ketones is 1. The summed E-state index contributed by atoms with van der Waals surface area (Å²) in [5.74, 6) is -1.63. The van der Waals surface area contributed by atoms with Gasteiger partial charge in [0.05, 0.1) is 0 Å². The van der Waals surface area contributed by atoms with E-state index < -0.39 is 29.6 Å². The number of imide groups is 1. The van der Waals surface area contributed by atoms with Crippen LogP contribution in [0.25, 0.3) is 0 Å². The van der Waals surface area contributed by atoms with Gasteiger partial charge in [-0.25, -0.2) is 4.79 Å². The fraction of sp³-hybridized carbons (Fsp3) is 0.450. The Balaban J connectivity index is 1.79. The summed E-state index contributed by atoms with van der Waals surface area (Å²) in [5.41, 5.74) is -0.0768. The van der Waals surface area contributed by atoms with Crippen LogP contribution >= 0.6 is 0 Å². The Bertz CT molecular complexity index is 848. The number of rotatable bonds is 8. The quantitative estimate of drug-likeness (QED) is 0.388. The molecular formula is C20H25N3O6. The van der Waals surface area contributed by atoms with Crippen molar-refractivity contribution >= 4 is 35.3 Å². The van der Waals surface area contributed by atoms with E-state index in [9.17, 15) is 24.0 Å². The van der Waals surface area contributed by atoms with Crippen LogP contribution in [-0.2, 0) is 19.1 Å². The first-order chi connectivity index (χ1) is 13.5. The van der Waals surface area contributed by atoms with Gasteiger partial charge in [-0.15, -0.1) is 0 Å². The molecule has 4 amide bonds. The lowest BCUT2D eigenvalue weighted by molar-refractivity contribution is -0.153. The molecule has 1 atom stereocenters. The van der Waals surface area contributed by atoms with Gasteiger partial charge in [-0.05, 0) is 46.2 Å². The smallest absolute Gasteiger partial charge is 0.325 e. The Morgan fingerprint density at radius 3 is 2.52 bits per heavy atom. The van der Waals surface area contributed by atoms with E-state index in [1.54, 1.807) is 32.0 Å². The van der Waals surface area contributed by atoms with Crippen molar-refractivity contribution < 1.29 is 28.7 Å². The van der Waals surface area contributed by atoms with Crippen LogP contribution in [0.2, 0.25) is 0 Å². The normalized spacial score (nSPS) is 16.2. The maximum absolute atomic E-state index is 12.2. The van der Waals surface area contributed by atoms with E-state index in [1.807, 2.05) is 0 Å². The number of hydrogen-bond donors (Lipinski definition) is 2. The van der Waals surface area contributed by atoms with Crippen LogP contribution in [-0.4, -0.2) is 52.7 Å². The molecule has 1 aliphatic rings. The van der Waals surface area contributed by atoms with Crippen LogP contribution in [0.15, 0.2) is 24.3 Å². The van der Waals surface area contributed by atoms with E-state index in [2.05, 4.69) is 10.6 Å². The van der Waals surface area contributed by atoms with Crippen LogP contribution in [0, 0.1) is 0 Å². The van der Waals surface area contributed by atoms with Crippen LogP contribution in [0.4, 0.5) is 10.5 Å². The Morgan fingerprint density at radius 1 is 1.24 bits per heavy atom. The summed E-state index contributed by atoms with van der Waals surface area (Å²) in [6.45, 7) is 6.15. The van der Waals surface area contributed by atoms with Gasteiger partial charge in [0.2, 0.25) is 0 Å². The van der Waals surface area contributed by atoms with Crippen LogP contribution < -0.4 is 10.6 Å². The summed E-state index contributed by atoms with van der Waals surface area (Å²) in [4.78, 5) is 60.5. The zero-order valence-corrected chi connectivity index (χ0v) is 16.9. The molecule has 0 aromatic heterocycles. The summed E-state index contributed by atoms with van der Waals surface area (Å²) >= 11 is 0. The van der Waals surface area contributed by atoms with E-state index in [0.717, 1.165) is 4.90 Å². The first kappa shape index (κ1) is 22.1. The molecule has 1 aromatic rings. The topological polar surface area (TPSA) is 122 Å². The van der Waals surface area contributed by atoms with Crippen molar-refractivity contribution in [3.63, 3.8) is 0 Å². The zero-order valence-electron chi connectivity index (χ0n) is 16.9. The number of benzene rings is 1. The molecule has 0 radical (unpaired) electrons. The van der Waals surface area contributed by atoms with Crippen molar-refractivity contribution in [1.29, 1.82) is 0 Å². The minimum absolute atomic E-state index is 0.0467. The Hall–Kier alpha value is -3.23. The number of anilines is 1. The van der Waals surface area contributed by atoms with Gasteiger partial charge in [0.25, 0.3) is 11.8 Å². The predicted octanol–water partition coefficient (Wildman–Crippen LogP) is 1.87. The highest BCUT2D eigenvalue weighted by atomic mass is 16.5. The maximum Gasteiger partial charge on any atom is 0.325 e. The Labute approximate surface area is 168 Å². The lowest BCUT2D eigenvalue weighted by Crippen LogP contribution is -2.40. The van der Waals surface area contributed by atoms with Crippen molar-refractivity contribution in [3.8, 4) is 0 Å². The number of urea groups is 1. The van der Waals surface area contributed by atoms with Gasteiger partial charge in [0.1, 0.15) is 5.54 Å². The molecule has 0 aliphatic carbocycles. The number of nitrogens with zero attached hydrogens (tertiary/aromatic N) is 1. The van der Waals surface area contributed by atoms with Gasteiger partial charge in [-0.3, -0.25) is 24.1 Å². The van der Waals surface area contributed by atoms with Gasteiger partial charge < -0.3 is 15.4 Å². The van der Waals surface area contributed by atoms with Crippen LogP contribution in [0.3, 0.4) is 0 Å².